The molecule has 30 heteroatoms. The van der Waals surface area contributed by atoms with Gasteiger partial charge in [-0.2, -0.15) is 5.75 Å². The molecule has 0 rings (SSSR count). The molecule has 0 aliphatic rings. The summed E-state index contributed by atoms with van der Waals surface area (Å²) in [5, 5.41) is 0. The molecule has 0 nitrogen and oxygen atoms in total. The van der Waals surface area contributed by atoms with E-state index in [2.05, 4.69) is 12.6 Å². The first kappa shape index (κ1) is 64.7. The standard InChI is InChI=1S/C2H6S.6F3HP.F2H2P.2Fe/c1-2-3;6*1-4(2)3;1-3-2;;/h3H,2H2,1H3;6*4H;3H2;;/q;7*+1;;/p-1. The van der Waals surface area contributed by atoms with Crippen LogP contribution in [0.5, 0.6) is 0 Å². The van der Waals surface area contributed by atoms with Crippen molar-refractivity contribution in [1.29, 1.82) is 0 Å². The van der Waals surface area contributed by atoms with Gasteiger partial charge >= 0.3 is 62.3 Å². The minimum atomic E-state index is -4.38. The molecule has 0 amide bonds. The van der Waals surface area contributed by atoms with Crippen molar-refractivity contribution in [3.05, 3.63) is 0 Å². The molecule has 32 heavy (non-hydrogen) atoms. The molecule has 0 heterocycles. The molecular weight excluding hydrogens is 765 g/mol. The van der Waals surface area contributed by atoms with E-state index in [4.69, 9.17) is 0 Å². The fourth-order valence-corrected chi connectivity index (χ4v) is 0. The van der Waals surface area contributed by atoms with Crippen LogP contribution in [0.2, 0.25) is 0 Å². The zero-order valence-electron chi connectivity index (χ0n) is 14.0. The number of halogens is 20. The van der Waals surface area contributed by atoms with Crippen molar-refractivity contribution in [1.82, 2.24) is 0 Å². The topological polar surface area (TPSA) is 0 Å². The van der Waals surface area contributed by atoms with Gasteiger partial charge in [0.25, 0.3) is 0 Å². The predicted octanol–water partition coefficient (Wildman–Crippen LogP) is 12.8. The molecule has 0 aromatic carbocycles. The maximum Gasteiger partial charge on any atom is 0.558 e. The summed E-state index contributed by atoms with van der Waals surface area (Å²) < 4.78 is 195. The van der Waals surface area contributed by atoms with Crippen molar-refractivity contribution in [3.63, 3.8) is 0 Å². The van der Waals surface area contributed by atoms with Gasteiger partial charge < -0.3 is 12.6 Å². The molecule has 0 aliphatic heterocycles. The van der Waals surface area contributed by atoms with Crippen molar-refractivity contribution < 1.29 is 118 Å². The average Bonchev–Trinajstić information content (AvgIpc) is 2.34. The van der Waals surface area contributed by atoms with E-state index in [0.717, 1.165) is 5.75 Å². The molecule has 0 unspecified atom stereocenters. The van der Waals surface area contributed by atoms with Crippen LogP contribution < -0.4 is 0 Å². The monoisotopic (exact) mass is 778 g/mol. The molecule has 0 spiro atoms. The molecule has 212 valence electrons. The molecule has 0 saturated carbocycles. The molecule has 0 atom stereocenters. The Kier molecular flexibility index (Phi) is 142. The first-order valence-electron chi connectivity index (χ1n) is 4.83. The van der Waals surface area contributed by atoms with Crippen LogP contribution in [0.4, 0.5) is 83.9 Å². The summed E-state index contributed by atoms with van der Waals surface area (Å²) in [6.07, 6.45) is 0. The molecule has 0 fully saturated rings. The van der Waals surface area contributed by atoms with E-state index in [0.29, 0.717) is 0 Å². The Morgan fingerprint density at radius 2 is 0.438 bits per heavy atom. The van der Waals surface area contributed by atoms with E-state index in [1.807, 2.05) is 6.92 Å². The Bertz CT molecular complexity index is 146. The Morgan fingerprint density at radius 1 is 0.438 bits per heavy atom. The molecule has 0 aromatic rings. The van der Waals surface area contributed by atoms with Crippen molar-refractivity contribution in [2.45, 2.75) is 6.92 Å². The second-order valence-corrected chi connectivity index (χ2v) is 4.97. The molecule has 0 aliphatic carbocycles. The second kappa shape index (κ2) is 70.0. The van der Waals surface area contributed by atoms with Crippen molar-refractivity contribution in [3.8, 4) is 0 Å². The van der Waals surface area contributed by atoms with Crippen LogP contribution >= 0.6 is 62.3 Å². The van der Waals surface area contributed by atoms with Crippen LogP contribution in [0.3, 0.4) is 0 Å². The quantitative estimate of drug-likeness (QED) is 0.102. The smallest absolute Gasteiger partial charge is 0.558 e. The summed E-state index contributed by atoms with van der Waals surface area (Å²) in [7, 11) is -28.5. The second-order valence-electron chi connectivity index (χ2n) is 1.66. The van der Waals surface area contributed by atoms with Crippen LogP contribution in [0.15, 0.2) is 0 Å². The van der Waals surface area contributed by atoms with E-state index in [1.165, 1.54) is 0 Å². The molecule has 0 radical (unpaired) electrons. The molecule has 0 aromatic heterocycles. The third kappa shape index (κ3) is 3760. The third-order valence-electron chi connectivity index (χ3n) is 0. The molecule has 0 bridgehead atoms. The molecule has 0 N–H and O–H groups in total. The Hall–Kier alpha value is 3.00. The van der Waals surface area contributed by atoms with E-state index >= 15 is 0 Å². The van der Waals surface area contributed by atoms with Gasteiger partial charge in [-0.15, -0.1) is 0 Å². The zero-order valence-corrected chi connectivity index (χ0v) is 24.1. The van der Waals surface area contributed by atoms with E-state index in [1.54, 1.807) is 0 Å². The summed E-state index contributed by atoms with van der Waals surface area (Å²) in [5.74, 6) is 0.833. The van der Waals surface area contributed by atoms with Gasteiger partial charge in [0.15, 0.2) is 0 Å². The summed E-state index contributed by atoms with van der Waals surface area (Å²) >= 11 is 4.39. The van der Waals surface area contributed by atoms with Crippen LogP contribution in [0.1, 0.15) is 6.92 Å². The van der Waals surface area contributed by atoms with Crippen molar-refractivity contribution in [2.24, 2.45) is 0 Å². The SMILES string of the molecule is CC[S-].F[PH+](F)F.F[PH+](F)F.F[PH+](F)F.F[PH+](F)F.F[PH+](F)F.F[PH+](F)F.F[PH2+]F.[Fe].[Fe]. The van der Waals surface area contributed by atoms with E-state index in [9.17, 15) is 83.9 Å². The van der Waals surface area contributed by atoms with Gasteiger partial charge in [-0.3, -0.25) is 0 Å². The maximum absolute atomic E-state index is 9.77. The minimum absolute atomic E-state index is 0. The first-order chi connectivity index (χ1) is 13.2. The Morgan fingerprint density at radius 3 is 0.438 bits per heavy atom. The molecule has 0 saturated heterocycles. The van der Waals surface area contributed by atoms with Gasteiger partial charge in [0, 0.05) is 110 Å². The fraction of sp³-hybridized carbons (Fsp3) is 1.00. The van der Waals surface area contributed by atoms with Gasteiger partial charge in [0.05, 0.1) is 0 Å². The molecular formula is C2H13F20Fe2P7S+6. The van der Waals surface area contributed by atoms with Crippen LogP contribution in [0, 0.1) is 0 Å². The van der Waals surface area contributed by atoms with Gasteiger partial charge in [-0.25, -0.2) is 0 Å². The predicted molar refractivity (Wildman–Crippen MR) is 99.7 cm³/mol. The number of hydrogen-bond acceptors (Lipinski definition) is 1. The van der Waals surface area contributed by atoms with Gasteiger partial charge in [-0.1, -0.05) is 6.92 Å². The zero-order chi connectivity index (χ0) is 26.9. The Balaban J connectivity index is -0.0000000215. The first-order valence-corrected chi connectivity index (χ1v) is 13.1. The van der Waals surface area contributed by atoms with E-state index in [-0.39, 0.29) is 34.1 Å². The largest absolute Gasteiger partial charge is 0.793 e. The van der Waals surface area contributed by atoms with Gasteiger partial charge in [0.1, 0.15) is 0 Å². The van der Waals surface area contributed by atoms with Crippen molar-refractivity contribution in [2.75, 3.05) is 5.75 Å². The summed E-state index contributed by atoms with van der Waals surface area (Å²) in [6, 6.07) is 0. The van der Waals surface area contributed by atoms with Gasteiger partial charge in [0.2, 0.25) is 0 Å². The van der Waals surface area contributed by atoms with Crippen LogP contribution in [0.25, 0.3) is 0 Å². The number of rotatable bonds is 0. The summed E-state index contributed by atoms with van der Waals surface area (Å²) in [5.41, 5.74) is 0. The minimum Gasteiger partial charge on any atom is -0.793 e. The van der Waals surface area contributed by atoms with Crippen LogP contribution in [-0.4, -0.2) is 5.75 Å². The average molecular weight is 778 g/mol. The van der Waals surface area contributed by atoms with Crippen LogP contribution in [-0.2, 0) is 46.8 Å². The van der Waals surface area contributed by atoms with E-state index < -0.39 is 62.3 Å². The summed E-state index contributed by atoms with van der Waals surface area (Å²) in [6.45, 7) is 1.94. The normalized spacial score (nSPS) is 7.88. The number of hydrogen-bond donors (Lipinski definition) is 0. The van der Waals surface area contributed by atoms with Crippen molar-refractivity contribution >= 4 is 75.0 Å². The third-order valence-corrected chi connectivity index (χ3v) is 0. The summed E-state index contributed by atoms with van der Waals surface area (Å²) in [4.78, 5) is 0. The Labute approximate surface area is 205 Å². The maximum atomic E-state index is 9.77. The fourth-order valence-electron chi connectivity index (χ4n) is 0. The van der Waals surface area contributed by atoms with Gasteiger partial charge in [-0.05, 0) is 8.39 Å².